The van der Waals surface area contributed by atoms with Crippen LogP contribution in [0.5, 0.6) is 0 Å². The molecule has 0 saturated carbocycles. The van der Waals surface area contributed by atoms with Crippen molar-refractivity contribution in [2.24, 2.45) is 0 Å². The summed E-state index contributed by atoms with van der Waals surface area (Å²) in [6.07, 6.45) is -6.60. The van der Waals surface area contributed by atoms with Gasteiger partial charge in [-0.3, -0.25) is 4.57 Å². The summed E-state index contributed by atoms with van der Waals surface area (Å²) >= 11 is 5.81. The number of carboxylic acid groups (broad SMARTS) is 3. The maximum absolute atomic E-state index is 15.1. The minimum Gasteiger partial charge on any atom is -0.479 e. The highest BCUT2D eigenvalue weighted by Crippen LogP contribution is 2.35. The number of carbonyl (C=O) groups is 3. The quantitative estimate of drug-likeness (QED) is 0.185. The molecule has 0 bridgehead atoms. The molecular weight excluding hydrogens is 521 g/mol. The van der Waals surface area contributed by atoms with Crippen LogP contribution < -0.4 is 5.73 Å². The number of nitrogens with two attached hydrogens (primary N) is 1. The Morgan fingerprint density at radius 2 is 1.92 bits per heavy atom. The monoisotopic (exact) mass is 539 g/mol. The van der Waals surface area contributed by atoms with E-state index < -0.39 is 61.1 Å². The lowest BCUT2D eigenvalue weighted by Crippen LogP contribution is -2.52. The Bertz CT molecular complexity index is 1370. The number of rotatable bonds is 9. The van der Waals surface area contributed by atoms with Gasteiger partial charge >= 0.3 is 17.9 Å². The zero-order valence-electron chi connectivity index (χ0n) is 18.6. The molecule has 4 rings (SSSR count). The van der Waals surface area contributed by atoms with E-state index in [4.69, 9.17) is 31.9 Å². The van der Waals surface area contributed by atoms with Gasteiger partial charge in [-0.1, -0.05) is 12.1 Å². The second-order valence-corrected chi connectivity index (χ2v) is 8.47. The number of benzene rings is 1. The summed E-state index contributed by atoms with van der Waals surface area (Å²) in [5, 5.41) is 38.8. The third-order valence-electron chi connectivity index (χ3n) is 5.80. The fraction of sp³-hybridized carbons (Fsp3) is 0.333. The first-order valence-electron chi connectivity index (χ1n) is 10.5. The SMILES string of the molecule is Nc1nc(Cl)nc2c1ncn2[C@@H]1O[C@H](COC(Cc2cccc(C(=O)O)c2)(C(=O)O)C(=O)O)[C@@H](O)[C@@H]1F. The van der Waals surface area contributed by atoms with E-state index in [1.165, 1.54) is 18.2 Å². The summed E-state index contributed by atoms with van der Waals surface area (Å²) in [5.74, 6) is -5.18. The average molecular weight is 540 g/mol. The van der Waals surface area contributed by atoms with Crippen molar-refractivity contribution in [3.8, 4) is 0 Å². The van der Waals surface area contributed by atoms with Crippen molar-refractivity contribution in [2.45, 2.75) is 36.6 Å². The molecule has 1 aromatic carbocycles. The highest BCUT2D eigenvalue weighted by molar-refractivity contribution is 6.28. The van der Waals surface area contributed by atoms with E-state index in [0.29, 0.717) is 0 Å². The molecule has 0 aliphatic carbocycles. The fourth-order valence-electron chi connectivity index (χ4n) is 3.91. The molecule has 0 amide bonds. The third kappa shape index (κ3) is 4.76. The predicted octanol–water partition coefficient (Wildman–Crippen LogP) is 0.524. The normalized spacial score (nSPS) is 21.8. The third-order valence-corrected chi connectivity index (χ3v) is 5.97. The summed E-state index contributed by atoms with van der Waals surface area (Å²) in [7, 11) is 0. The van der Waals surface area contributed by atoms with Gasteiger partial charge in [0.25, 0.3) is 5.60 Å². The number of aromatic carboxylic acids is 1. The summed E-state index contributed by atoms with van der Waals surface area (Å²) in [4.78, 5) is 47.0. The molecule has 1 saturated heterocycles. The Morgan fingerprint density at radius 1 is 1.22 bits per heavy atom. The summed E-state index contributed by atoms with van der Waals surface area (Å²) in [6.45, 7) is -0.847. The summed E-state index contributed by atoms with van der Waals surface area (Å²) in [6, 6.07) is 4.98. The van der Waals surface area contributed by atoms with Crippen molar-refractivity contribution in [1.29, 1.82) is 0 Å². The van der Waals surface area contributed by atoms with Gasteiger partial charge in [0.1, 0.15) is 17.7 Å². The lowest BCUT2D eigenvalue weighted by Gasteiger charge is -2.27. The van der Waals surface area contributed by atoms with E-state index in [1.54, 1.807) is 0 Å². The van der Waals surface area contributed by atoms with Crippen LogP contribution in [0.4, 0.5) is 10.2 Å². The molecule has 0 unspecified atom stereocenters. The molecule has 3 aromatic rings. The molecule has 1 aliphatic rings. The molecule has 3 heterocycles. The summed E-state index contributed by atoms with van der Waals surface area (Å²) in [5.41, 5.74) is 2.78. The zero-order chi connectivity index (χ0) is 27.1. The highest BCUT2D eigenvalue weighted by Gasteiger charge is 2.52. The number of nitrogens with zero attached hydrogens (tertiary/aromatic N) is 4. The van der Waals surface area contributed by atoms with Gasteiger partial charge in [-0.25, -0.2) is 23.8 Å². The Hall–Kier alpha value is -3.92. The Balaban J connectivity index is 1.58. The lowest BCUT2D eigenvalue weighted by atomic mass is 9.93. The van der Waals surface area contributed by atoms with Gasteiger partial charge in [-0.2, -0.15) is 9.97 Å². The van der Waals surface area contributed by atoms with E-state index in [9.17, 15) is 29.7 Å². The van der Waals surface area contributed by atoms with Crippen molar-refractivity contribution in [2.75, 3.05) is 12.3 Å². The number of aliphatic carboxylic acids is 2. The zero-order valence-corrected chi connectivity index (χ0v) is 19.3. The van der Waals surface area contributed by atoms with Gasteiger partial charge in [0.2, 0.25) is 5.28 Å². The highest BCUT2D eigenvalue weighted by atomic mass is 35.5. The second kappa shape index (κ2) is 9.85. The van der Waals surface area contributed by atoms with E-state index in [-0.39, 0.29) is 33.4 Å². The maximum atomic E-state index is 15.1. The Labute approximate surface area is 211 Å². The lowest BCUT2D eigenvalue weighted by molar-refractivity contribution is -0.190. The second-order valence-electron chi connectivity index (χ2n) is 8.13. The van der Waals surface area contributed by atoms with Gasteiger partial charge in [-0.05, 0) is 29.3 Å². The van der Waals surface area contributed by atoms with E-state index in [2.05, 4.69) is 15.0 Å². The molecule has 37 heavy (non-hydrogen) atoms. The number of aromatic nitrogens is 4. The van der Waals surface area contributed by atoms with Crippen molar-refractivity contribution >= 4 is 46.5 Å². The number of ether oxygens (including phenoxy) is 2. The van der Waals surface area contributed by atoms with Crippen molar-refractivity contribution in [3.63, 3.8) is 0 Å². The molecule has 0 spiro atoms. The number of alkyl halides is 1. The number of aliphatic hydroxyl groups is 1. The van der Waals surface area contributed by atoms with Crippen LogP contribution in [0, 0.1) is 0 Å². The molecule has 2 aromatic heterocycles. The maximum Gasteiger partial charge on any atom is 0.348 e. The molecule has 4 atom stereocenters. The van der Waals surface area contributed by atoms with Crippen LogP contribution in [0.2, 0.25) is 5.28 Å². The van der Waals surface area contributed by atoms with E-state index >= 15 is 4.39 Å². The van der Waals surface area contributed by atoms with Crippen LogP contribution in [-0.2, 0) is 25.5 Å². The number of fused-ring (bicyclic) bond motifs is 1. The number of halogens is 2. The smallest absolute Gasteiger partial charge is 0.348 e. The molecule has 1 fully saturated rings. The van der Waals surface area contributed by atoms with Gasteiger partial charge in [-0.15, -0.1) is 0 Å². The molecular formula is C21H19ClFN5O9. The van der Waals surface area contributed by atoms with Gasteiger partial charge in [0.15, 0.2) is 23.9 Å². The number of imidazole rings is 1. The largest absolute Gasteiger partial charge is 0.479 e. The molecule has 16 heteroatoms. The molecule has 196 valence electrons. The fourth-order valence-corrected chi connectivity index (χ4v) is 4.08. The number of hydrogen-bond donors (Lipinski definition) is 5. The first kappa shape index (κ1) is 26.2. The van der Waals surface area contributed by atoms with Crippen molar-refractivity contribution in [1.82, 2.24) is 19.5 Å². The van der Waals surface area contributed by atoms with Crippen LogP contribution in [0.3, 0.4) is 0 Å². The van der Waals surface area contributed by atoms with Crippen LogP contribution >= 0.6 is 11.6 Å². The van der Waals surface area contributed by atoms with Crippen molar-refractivity contribution in [3.05, 3.63) is 47.0 Å². The van der Waals surface area contributed by atoms with E-state index in [0.717, 1.165) is 17.0 Å². The first-order valence-corrected chi connectivity index (χ1v) is 10.9. The Kier molecular flexibility index (Phi) is 6.96. The number of anilines is 1. The predicted molar refractivity (Wildman–Crippen MR) is 121 cm³/mol. The molecule has 0 radical (unpaired) electrons. The number of carboxylic acids is 3. The standard InChI is InChI=1S/C21H19ClFN5O9/c22-20-26-14(24)12-15(27-20)28(7-25-12)16-11(23)13(29)10(37-16)6-36-21(18(32)33,19(34)35)5-8-2-1-3-9(4-8)17(30)31/h1-4,7,10-11,13,16,29H,5-6H2,(H,30,31)(H,32,33)(H,34,35)(H2,24,26,27)/t10-,11+,13-,16-/m1/s1. The van der Waals surface area contributed by atoms with Crippen LogP contribution in [-0.4, -0.2) is 88.4 Å². The number of nitrogen functional groups attached to an aromatic ring is 1. The number of aliphatic hydroxyl groups excluding tert-OH is 1. The van der Waals surface area contributed by atoms with Gasteiger partial charge in [0.05, 0.1) is 18.5 Å². The van der Waals surface area contributed by atoms with Crippen LogP contribution in [0.25, 0.3) is 11.2 Å². The summed E-state index contributed by atoms with van der Waals surface area (Å²) < 4.78 is 27.0. The first-order chi connectivity index (χ1) is 17.4. The van der Waals surface area contributed by atoms with Crippen molar-refractivity contribution < 1.29 is 48.7 Å². The average Bonchev–Trinajstić information content (AvgIpc) is 3.37. The van der Waals surface area contributed by atoms with Gasteiger partial charge < -0.3 is 35.6 Å². The van der Waals surface area contributed by atoms with Gasteiger partial charge in [0, 0.05) is 6.42 Å². The van der Waals surface area contributed by atoms with E-state index in [1.807, 2.05) is 0 Å². The van der Waals surface area contributed by atoms with Crippen LogP contribution in [0.1, 0.15) is 22.1 Å². The minimum atomic E-state index is -2.90. The van der Waals surface area contributed by atoms with Crippen LogP contribution in [0.15, 0.2) is 30.6 Å². The minimum absolute atomic E-state index is 0.00245. The molecule has 14 nitrogen and oxygen atoms in total. The Morgan fingerprint density at radius 3 is 2.57 bits per heavy atom. The molecule has 1 aliphatic heterocycles. The molecule has 6 N–H and O–H groups in total. The number of hydrogen-bond acceptors (Lipinski definition) is 10. The topological polar surface area (TPSA) is 220 Å².